The van der Waals surface area contributed by atoms with E-state index in [0.717, 1.165) is 6.42 Å². The maximum atomic E-state index is 9.40. The van der Waals surface area contributed by atoms with Crippen LogP contribution in [0.3, 0.4) is 0 Å². The molecule has 1 heterocycles. The van der Waals surface area contributed by atoms with Crippen molar-refractivity contribution < 1.29 is 5.11 Å². The van der Waals surface area contributed by atoms with E-state index in [0.29, 0.717) is 6.54 Å². The van der Waals surface area contributed by atoms with Gasteiger partial charge in [-0.25, -0.2) is 0 Å². The molecule has 0 unspecified atom stereocenters. The summed E-state index contributed by atoms with van der Waals surface area (Å²) in [6, 6.07) is 15.1. The smallest absolute Gasteiger partial charge is 0.0610 e. The van der Waals surface area contributed by atoms with Gasteiger partial charge in [0.25, 0.3) is 0 Å². The minimum absolute atomic E-state index is 0.176. The van der Waals surface area contributed by atoms with Gasteiger partial charge in [-0.3, -0.25) is 0 Å². The second kappa shape index (κ2) is 5.68. The van der Waals surface area contributed by atoms with Crippen molar-refractivity contribution in [2.75, 3.05) is 6.61 Å². The number of aliphatic hydroxyl groups is 1. The largest absolute Gasteiger partial charge is 0.395 e. The SMILES string of the molecule is CCCCc1cccc2c3ccccc3n(CCO)c12. The van der Waals surface area contributed by atoms with E-state index in [1.807, 2.05) is 0 Å². The molecule has 2 aromatic carbocycles. The topological polar surface area (TPSA) is 25.2 Å². The highest BCUT2D eigenvalue weighted by molar-refractivity contribution is 6.09. The molecule has 0 radical (unpaired) electrons. The Morgan fingerprint density at radius 3 is 2.60 bits per heavy atom. The summed E-state index contributed by atoms with van der Waals surface area (Å²) >= 11 is 0. The minimum atomic E-state index is 0.176. The van der Waals surface area contributed by atoms with E-state index in [1.54, 1.807) is 0 Å². The lowest BCUT2D eigenvalue weighted by Crippen LogP contribution is -2.03. The molecule has 2 heteroatoms. The fraction of sp³-hybridized carbons (Fsp3) is 0.333. The van der Waals surface area contributed by atoms with E-state index >= 15 is 0 Å². The first-order chi connectivity index (χ1) is 9.86. The number of fused-ring (bicyclic) bond motifs is 3. The standard InChI is InChI=1S/C18H21NO/c1-2-3-7-14-8-6-10-16-15-9-4-5-11-17(15)19(12-13-20)18(14)16/h4-6,8-11,20H,2-3,7,12-13H2,1H3. The predicted octanol–water partition coefficient (Wildman–Crippen LogP) is 4.13. The first-order valence-electron chi connectivity index (χ1n) is 7.46. The van der Waals surface area contributed by atoms with E-state index in [-0.39, 0.29) is 6.61 Å². The zero-order valence-electron chi connectivity index (χ0n) is 12.0. The van der Waals surface area contributed by atoms with Crippen LogP contribution in [0.2, 0.25) is 0 Å². The van der Waals surface area contributed by atoms with Crippen LogP contribution in [0.1, 0.15) is 25.3 Å². The van der Waals surface area contributed by atoms with Gasteiger partial charge in [0.15, 0.2) is 0 Å². The number of benzene rings is 2. The molecule has 0 aliphatic rings. The number of hydrogen-bond donors (Lipinski definition) is 1. The number of nitrogens with zero attached hydrogens (tertiary/aromatic N) is 1. The van der Waals surface area contributed by atoms with E-state index < -0.39 is 0 Å². The molecule has 0 fully saturated rings. The highest BCUT2D eigenvalue weighted by Crippen LogP contribution is 2.31. The monoisotopic (exact) mass is 267 g/mol. The third-order valence-electron chi connectivity index (χ3n) is 4.00. The average Bonchev–Trinajstić information content (AvgIpc) is 2.81. The van der Waals surface area contributed by atoms with Crippen LogP contribution in [0.5, 0.6) is 0 Å². The lowest BCUT2D eigenvalue weighted by molar-refractivity contribution is 0.280. The number of aryl methyl sites for hydroxylation is 1. The molecule has 104 valence electrons. The molecule has 1 N–H and O–H groups in total. The third kappa shape index (κ3) is 2.10. The van der Waals surface area contributed by atoms with Crippen molar-refractivity contribution in [3.8, 4) is 0 Å². The normalized spacial score (nSPS) is 11.5. The zero-order chi connectivity index (χ0) is 13.9. The lowest BCUT2D eigenvalue weighted by atomic mass is 10.0. The van der Waals surface area contributed by atoms with E-state index in [1.165, 1.54) is 40.2 Å². The Hall–Kier alpha value is -1.80. The number of hydrogen-bond acceptors (Lipinski definition) is 1. The second-order valence-electron chi connectivity index (χ2n) is 5.31. The van der Waals surface area contributed by atoms with Crippen molar-refractivity contribution in [1.82, 2.24) is 4.57 Å². The minimum Gasteiger partial charge on any atom is -0.395 e. The third-order valence-corrected chi connectivity index (χ3v) is 4.00. The van der Waals surface area contributed by atoms with E-state index in [9.17, 15) is 5.11 Å². The van der Waals surface area contributed by atoms with Gasteiger partial charge in [0, 0.05) is 22.8 Å². The van der Waals surface area contributed by atoms with Crippen LogP contribution >= 0.6 is 0 Å². The summed E-state index contributed by atoms with van der Waals surface area (Å²) in [6.45, 7) is 3.06. The van der Waals surface area contributed by atoms with Crippen LogP contribution in [-0.4, -0.2) is 16.3 Å². The second-order valence-corrected chi connectivity index (χ2v) is 5.31. The molecule has 1 aromatic heterocycles. The first kappa shape index (κ1) is 13.2. The molecular weight excluding hydrogens is 246 g/mol. The summed E-state index contributed by atoms with van der Waals surface area (Å²) in [5, 5.41) is 12.0. The van der Waals surface area contributed by atoms with E-state index in [2.05, 4.69) is 54.0 Å². The van der Waals surface area contributed by atoms with E-state index in [4.69, 9.17) is 0 Å². The number of aliphatic hydroxyl groups excluding tert-OH is 1. The molecule has 0 amide bonds. The maximum Gasteiger partial charge on any atom is 0.0610 e. The van der Waals surface area contributed by atoms with Crippen molar-refractivity contribution in [3.63, 3.8) is 0 Å². The summed E-state index contributed by atoms with van der Waals surface area (Å²) in [7, 11) is 0. The summed E-state index contributed by atoms with van der Waals surface area (Å²) in [4.78, 5) is 0. The average molecular weight is 267 g/mol. The molecule has 0 spiro atoms. The number of aromatic nitrogens is 1. The van der Waals surface area contributed by atoms with Crippen LogP contribution < -0.4 is 0 Å². The summed E-state index contributed by atoms with van der Waals surface area (Å²) < 4.78 is 2.27. The molecule has 0 aliphatic heterocycles. The van der Waals surface area contributed by atoms with Gasteiger partial charge in [-0.1, -0.05) is 49.7 Å². The van der Waals surface area contributed by atoms with Gasteiger partial charge in [-0.05, 0) is 24.5 Å². The molecule has 0 aliphatic carbocycles. The quantitative estimate of drug-likeness (QED) is 0.738. The van der Waals surface area contributed by atoms with Gasteiger partial charge in [0.05, 0.1) is 12.1 Å². The van der Waals surface area contributed by atoms with Gasteiger partial charge in [0.1, 0.15) is 0 Å². The van der Waals surface area contributed by atoms with Crippen LogP contribution in [0.4, 0.5) is 0 Å². The molecular formula is C18H21NO. The molecule has 0 atom stereocenters. The number of para-hydroxylation sites is 2. The first-order valence-corrected chi connectivity index (χ1v) is 7.46. The van der Waals surface area contributed by atoms with Crippen molar-refractivity contribution in [3.05, 3.63) is 48.0 Å². The zero-order valence-corrected chi connectivity index (χ0v) is 12.0. The molecule has 3 rings (SSSR count). The van der Waals surface area contributed by atoms with Gasteiger partial charge in [0.2, 0.25) is 0 Å². The van der Waals surface area contributed by atoms with Gasteiger partial charge < -0.3 is 9.67 Å². The number of rotatable bonds is 5. The fourth-order valence-corrected chi connectivity index (χ4v) is 3.09. The predicted molar refractivity (Wildman–Crippen MR) is 85.1 cm³/mol. The molecule has 20 heavy (non-hydrogen) atoms. The Morgan fingerprint density at radius 1 is 1.00 bits per heavy atom. The molecule has 0 saturated carbocycles. The van der Waals surface area contributed by atoms with Gasteiger partial charge >= 0.3 is 0 Å². The lowest BCUT2D eigenvalue weighted by Gasteiger charge is -2.09. The van der Waals surface area contributed by atoms with Gasteiger partial charge in [-0.15, -0.1) is 0 Å². The fourth-order valence-electron chi connectivity index (χ4n) is 3.09. The van der Waals surface area contributed by atoms with Crippen LogP contribution in [0.25, 0.3) is 21.8 Å². The summed E-state index contributed by atoms with van der Waals surface area (Å²) in [6.07, 6.45) is 3.52. The maximum absolute atomic E-state index is 9.40. The molecule has 0 bridgehead atoms. The number of unbranched alkanes of at least 4 members (excludes halogenated alkanes) is 1. The molecule has 3 aromatic rings. The summed E-state index contributed by atoms with van der Waals surface area (Å²) in [5.74, 6) is 0. The van der Waals surface area contributed by atoms with Crippen molar-refractivity contribution in [1.29, 1.82) is 0 Å². The Bertz CT molecular complexity index is 727. The van der Waals surface area contributed by atoms with Gasteiger partial charge in [-0.2, -0.15) is 0 Å². The highest BCUT2D eigenvalue weighted by Gasteiger charge is 2.12. The summed E-state index contributed by atoms with van der Waals surface area (Å²) in [5.41, 5.74) is 3.92. The molecule has 2 nitrogen and oxygen atoms in total. The van der Waals surface area contributed by atoms with Crippen molar-refractivity contribution in [2.45, 2.75) is 32.7 Å². The van der Waals surface area contributed by atoms with Crippen molar-refractivity contribution >= 4 is 21.8 Å². The Kier molecular flexibility index (Phi) is 3.75. The highest BCUT2D eigenvalue weighted by atomic mass is 16.3. The Morgan fingerprint density at radius 2 is 1.80 bits per heavy atom. The Balaban J connectivity index is 2.31. The van der Waals surface area contributed by atoms with Crippen LogP contribution in [-0.2, 0) is 13.0 Å². The Labute approximate surface area is 119 Å². The van der Waals surface area contributed by atoms with Crippen LogP contribution in [0, 0.1) is 0 Å². The van der Waals surface area contributed by atoms with Crippen molar-refractivity contribution in [2.24, 2.45) is 0 Å². The van der Waals surface area contributed by atoms with Crippen LogP contribution in [0.15, 0.2) is 42.5 Å². The molecule has 0 saturated heterocycles.